The van der Waals surface area contributed by atoms with E-state index >= 15 is 0 Å². The zero-order chi connectivity index (χ0) is 14.8. The van der Waals surface area contributed by atoms with E-state index < -0.39 is 10.0 Å². The first-order valence-corrected chi connectivity index (χ1v) is 8.69. The third kappa shape index (κ3) is 3.62. The summed E-state index contributed by atoms with van der Waals surface area (Å²) in [5, 5.41) is 0.154. The Hall–Kier alpha value is -0.850. The molecule has 7 heteroatoms. The number of aromatic nitrogens is 1. The number of pyridine rings is 1. The molecule has 2 atom stereocenters. The molecule has 1 aromatic rings. The first-order valence-electron chi connectivity index (χ1n) is 6.83. The Labute approximate surface area is 125 Å². The van der Waals surface area contributed by atoms with Crippen LogP contribution in [0.5, 0.6) is 0 Å². The van der Waals surface area contributed by atoms with Crippen LogP contribution in [0.2, 0.25) is 5.02 Å². The number of rotatable bonds is 3. The molecule has 0 aromatic carbocycles. The third-order valence-electron chi connectivity index (χ3n) is 3.82. The minimum absolute atomic E-state index is 0.0289. The molecule has 0 saturated heterocycles. The average Bonchev–Trinajstić information content (AvgIpc) is 2.58. The number of halogens is 1. The van der Waals surface area contributed by atoms with Crippen molar-refractivity contribution in [3.63, 3.8) is 0 Å². The lowest BCUT2D eigenvalue weighted by Crippen LogP contribution is -2.38. The van der Waals surface area contributed by atoms with E-state index in [2.05, 4.69) is 16.6 Å². The fourth-order valence-corrected chi connectivity index (χ4v) is 4.09. The summed E-state index contributed by atoms with van der Waals surface area (Å²) in [5.41, 5.74) is 5.50. The van der Waals surface area contributed by atoms with Gasteiger partial charge in [-0.1, -0.05) is 37.8 Å². The molecule has 0 radical (unpaired) electrons. The predicted molar refractivity (Wildman–Crippen MR) is 80.0 cm³/mol. The number of nitrogens with one attached hydrogen (secondary N) is 1. The molecular weight excluding hydrogens is 298 g/mol. The molecule has 2 unspecified atom stereocenters. The van der Waals surface area contributed by atoms with Crippen molar-refractivity contribution in [1.82, 2.24) is 9.71 Å². The molecule has 112 valence electrons. The zero-order valence-electron chi connectivity index (χ0n) is 11.5. The summed E-state index contributed by atoms with van der Waals surface area (Å²) in [6.07, 6.45) is 6.54. The Kier molecular flexibility index (Phi) is 4.88. The van der Waals surface area contributed by atoms with Gasteiger partial charge in [-0.3, -0.25) is 0 Å². The number of nitrogen functional groups attached to an aromatic ring is 1. The molecular formula is C13H20ClN3O2S. The zero-order valence-corrected chi connectivity index (χ0v) is 13.0. The highest BCUT2D eigenvalue weighted by molar-refractivity contribution is 7.89. The number of hydrogen-bond donors (Lipinski definition) is 2. The molecule has 20 heavy (non-hydrogen) atoms. The Morgan fingerprint density at radius 3 is 2.75 bits per heavy atom. The van der Waals surface area contributed by atoms with Gasteiger partial charge in [0.2, 0.25) is 10.0 Å². The standard InChI is InChI=1S/C13H20ClN3O2S/c1-9-5-3-2-4-6-12(9)17-20(18,19)10-7-11(14)13(15)16-8-10/h7-9,12,17H,2-6H2,1H3,(H2,15,16). The van der Waals surface area contributed by atoms with Gasteiger partial charge in [0.1, 0.15) is 10.7 Å². The van der Waals surface area contributed by atoms with Crippen LogP contribution in [-0.2, 0) is 10.0 Å². The summed E-state index contributed by atoms with van der Waals surface area (Å²) in [4.78, 5) is 3.87. The van der Waals surface area contributed by atoms with Crippen LogP contribution in [0, 0.1) is 5.92 Å². The SMILES string of the molecule is CC1CCCCCC1NS(=O)(=O)c1cnc(N)c(Cl)c1. The minimum atomic E-state index is -3.60. The maximum Gasteiger partial charge on any atom is 0.242 e. The van der Waals surface area contributed by atoms with Crippen molar-refractivity contribution in [1.29, 1.82) is 0 Å². The summed E-state index contributed by atoms with van der Waals surface area (Å²) in [5.74, 6) is 0.470. The predicted octanol–water partition coefficient (Wildman–Crippen LogP) is 2.56. The molecule has 0 aliphatic heterocycles. The topological polar surface area (TPSA) is 85.1 Å². The van der Waals surface area contributed by atoms with E-state index in [0.29, 0.717) is 5.92 Å². The molecule has 3 N–H and O–H groups in total. The fraction of sp³-hybridized carbons (Fsp3) is 0.615. The molecule has 0 bridgehead atoms. The largest absolute Gasteiger partial charge is 0.382 e. The Morgan fingerprint density at radius 1 is 1.35 bits per heavy atom. The molecule has 0 amide bonds. The van der Waals surface area contributed by atoms with Crippen molar-refractivity contribution >= 4 is 27.4 Å². The fourth-order valence-electron chi connectivity index (χ4n) is 2.51. The van der Waals surface area contributed by atoms with E-state index in [9.17, 15) is 8.42 Å². The van der Waals surface area contributed by atoms with Crippen molar-refractivity contribution in [2.75, 3.05) is 5.73 Å². The molecule has 2 rings (SSSR count). The van der Waals surface area contributed by atoms with Crippen molar-refractivity contribution in [3.05, 3.63) is 17.3 Å². The lowest BCUT2D eigenvalue weighted by molar-refractivity contribution is 0.399. The second-order valence-electron chi connectivity index (χ2n) is 5.38. The van der Waals surface area contributed by atoms with E-state index in [1.165, 1.54) is 12.3 Å². The molecule has 1 heterocycles. The highest BCUT2D eigenvalue weighted by Gasteiger charge is 2.26. The van der Waals surface area contributed by atoms with Crippen LogP contribution in [-0.4, -0.2) is 19.4 Å². The summed E-state index contributed by atoms with van der Waals surface area (Å²) >= 11 is 5.84. The number of nitrogens with two attached hydrogens (primary N) is 1. The number of nitrogens with zero attached hydrogens (tertiary/aromatic N) is 1. The highest BCUT2D eigenvalue weighted by atomic mass is 35.5. The summed E-state index contributed by atoms with van der Waals surface area (Å²) in [7, 11) is -3.60. The molecule has 1 saturated carbocycles. The molecule has 1 fully saturated rings. The van der Waals surface area contributed by atoms with E-state index in [0.717, 1.165) is 32.1 Å². The van der Waals surface area contributed by atoms with Gasteiger partial charge in [0.15, 0.2) is 0 Å². The van der Waals surface area contributed by atoms with Crippen LogP contribution in [0.15, 0.2) is 17.2 Å². The second-order valence-corrected chi connectivity index (χ2v) is 7.50. The summed E-state index contributed by atoms with van der Waals surface area (Å²) < 4.78 is 27.5. The van der Waals surface area contributed by atoms with Gasteiger partial charge in [-0.05, 0) is 24.8 Å². The quantitative estimate of drug-likeness (QED) is 0.839. The Morgan fingerprint density at radius 2 is 2.05 bits per heavy atom. The van der Waals surface area contributed by atoms with Gasteiger partial charge in [-0.2, -0.15) is 0 Å². The molecule has 1 aliphatic rings. The maximum absolute atomic E-state index is 12.4. The minimum Gasteiger partial charge on any atom is -0.382 e. The number of sulfonamides is 1. The van der Waals surface area contributed by atoms with Gasteiger partial charge in [0.05, 0.1) is 5.02 Å². The van der Waals surface area contributed by atoms with E-state index in [4.69, 9.17) is 17.3 Å². The molecule has 5 nitrogen and oxygen atoms in total. The van der Waals surface area contributed by atoms with Gasteiger partial charge in [-0.15, -0.1) is 0 Å². The van der Waals surface area contributed by atoms with Crippen LogP contribution in [0.3, 0.4) is 0 Å². The lowest BCUT2D eigenvalue weighted by atomic mass is 9.98. The Balaban J connectivity index is 2.19. The van der Waals surface area contributed by atoms with Crippen LogP contribution < -0.4 is 10.5 Å². The molecule has 1 aliphatic carbocycles. The first-order chi connectivity index (χ1) is 9.40. The normalized spacial score (nSPS) is 24.3. The number of hydrogen-bond acceptors (Lipinski definition) is 4. The summed E-state index contributed by atoms with van der Waals surface area (Å²) in [6.45, 7) is 2.09. The van der Waals surface area contributed by atoms with Crippen LogP contribution >= 0.6 is 11.6 Å². The van der Waals surface area contributed by atoms with Crippen molar-refractivity contribution in [3.8, 4) is 0 Å². The van der Waals surface area contributed by atoms with Crippen molar-refractivity contribution < 1.29 is 8.42 Å². The van der Waals surface area contributed by atoms with Crippen LogP contribution in [0.4, 0.5) is 5.82 Å². The van der Waals surface area contributed by atoms with Crippen LogP contribution in [0.25, 0.3) is 0 Å². The Bertz CT molecular complexity index is 577. The monoisotopic (exact) mass is 317 g/mol. The average molecular weight is 318 g/mol. The van der Waals surface area contributed by atoms with Crippen LogP contribution in [0.1, 0.15) is 39.0 Å². The van der Waals surface area contributed by atoms with Crippen molar-refractivity contribution in [2.45, 2.75) is 50.0 Å². The highest BCUT2D eigenvalue weighted by Crippen LogP contribution is 2.25. The van der Waals surface area contributed by atoms with Gasteiger partial charge in [-0.25, -0.2) is 18.1 Å². The first kappa shape index (κ1) is 15.5. The van der Waals surface area contributed by atoms with E-state index in [-0.39, 0.29) is 21.8 Å². The van der Waals surface area contributed by atoms with Crippen molar-refractivity contribution in [2.24, 2.45) is 5.92 Å². The smallest absolute Gasteiger partial charge is 0.242 e. The third-order valence-corrected chi connectivity index (χ3v) is 5.58. The van der Waals surface area contributed by atoms with E-state index in [1.54, 1.807) is 0 Å². The van der Waals surface area contributed by atoms with Gasteiger partial charge in [0.25, 0.3) is 0 Å². The number of anilines is 1. The van der Waals surface area contributed by atoms with Gasteiger partial charge < -0.3 is 5.73 Å². The molecule has 1 aromatic heterocycles. The second kappa shape index (κ2) is 6.28. The summed E-state index contributed by atoms with van der Waals surface area (Å²) in [6, 6.07) is 1.31. The van der Waals surface area contributed by atoms with Gasteiger partial charge in [0, 0.05) is 12.2 Å². The maximum atomic E-state index is 12.4. The van der Waals surface area contributed by atoms with E-state index in [1.807, 2.05) is 0 Å². The molecule has 0 spiro atoms. The lowest BCUT2D eigenvalue weighted by Gasteiger charge is -2.22. The van der Waals surface area contributed by atoms with Gasteiger partial charge >= 0.3 is 0 Å².